The number of para-hydroxylation sites is 2. The molecule has 0 aliphatic carbocycles. The van der Waals surface area contributed by atoms with E-state index < -0.39 is 6.04 Å². The van der Waals surface area contributed by atoms with E-state index in [1.165, 1.54) is 5.56 Å². The van der Waals surface area contributed by atoms with Gasteiger partial charge < -0.3 is 19.4 Å². The lowest BCUT2D eigenvalue weighted by Gasteiger charge is -2.40. The number of aromatic nitrogens is 5. The number of hydrogen-bond acceptors (Lipinski definition) is 8. The molecule has 2 aromatic heterocycles. The minimum atomic E-state index is -0.401. The summed E-state index contributed by atoms with van der Waals surface area (Å²) in [6.45, 7) is 8.11. The molecule has 10 nitrogen and oxygen atoms in total. The van der Waals surface area contributed by atoms with Crippen LogP contribution < -0.4 is 15.2 Å². The quantitative estimate of drug-likeness (QED) is 0.392. The van der Waals surface area contributed by atoms with Crippen molar-refractivity contribution in [2.45, 2.75) is 26.4 Å². The average Bonchev–Trinajstić information content (AvgIpc) is 3.37. The maximum Gasteiger partial charge on any atom is 0.253 e. The van der Waals surface area contributed by atoms with Gasteiger partial charge in [0.05, 0.1) is 25.9 Å². The molecule has 3 heterocycles. The lowest BCUT2D eigenvalue weighted by Crippen LogP contribution is -2.49. The zero-order valence-corrected chi connectivity index (χ0v) is 21.8. The van der Waals surface area contributed by atoms with Gasteiger partial charge in [0, 0.05) is 44.4 Å². The summed E-state index contributed by atoms with van der Waals surface area (Å²) in [6.07, 6.45) is 0. The normalized spacial score (nSPS) is 15.3. The summed E-state index contributed by atoms with van der Waals surface area (Å²) < 4.78 is 12.6. The molecule has 1 fully saturated rings. The number of H-pyrrole nitrogens is 1. The van der Waals surface area contributed by atoms with Crippen molar-refractivity contribution in [1.82, 2.24) is 30.1 Å². The predicted octanol–water partition coefficient (Wildman–Crippen LogP) is 2.70. The van der Waals surface area contributed by atoms with Gasteiger partial charge in [0.15, 0.2) is 5.82 Å². The second-order valence-corrected chi connectivity index (χ2v) is 9.43. The first kappa shape index (κ1) is 24.9. The fourth-order valence-electron chi connectivity index (χ4n) is 5.05. The van der Waals surface area contributed by atoms with E-state index in [9.17, 15) is 4.79 Å². The first-order valence-corrected chi connectivity index (χ1v) is 12.5. The molecule has 4 aromatic rings. The fourth-order valence-corrected chi connectivity index (χ4v) is 5.05. The summed E-state index contributed by atoms with van der Waals surface area (Å²) in [6, 6.07) is 13.8. The van der Waals surface area contributed by atoms with Crippen LogP contribution in [0.5, 0.6) is 5.75 Å². The van der Waals surface area contributed by atoms with E-state index in [-0.39, 0.29) is 5.56 Å². The van der Waals surface area contributed by atoms with Crippen molar-refractivity contribution in [2.24, 2.45) is 0 Å². The van der Waals surface area contributed by atoms with Crippen LogP contribution in [0.25, 0.3) is 10.9 Å². The fraction of sp³-hybridized carbons (Fsp3) is 0.407. The zero-order chi connectivity index (χ0) is 25.9. The third-order valence-corrected chi connectivity index (χ3v) is 7.20. The SMILES string of the molecule is COCCn1nnnc1[C@@H](c1cc2cc(C)c(C)cc2[nH]c1=O)N1CCN(c2ccccc2OC)CC1. The minimum Gasteiger partial charge on any atom is -0.495 e. The molecule has 194 valence electrons. The van der Waals surface area contributed by atoms with E-state index in [2.05, 4.69) is 56.3 Å². The van der Waals surface area contributed by atoms with Crippen LogP contribution in [0.15, 0.2) is 47.3 Å². The zero-order valence-electron chi connectivity index (χ0n) is 21.8. The molecule has 0 unspecified atom stereocenters. The number of fused-ring (bicyclic) bond motifs is 1. The second kappa shape index (κ2) is 10.7. The van der Waals surface area contributed by atoms with E-state index >= 15 is 0 Å². The number of nitrogens with one attached hydrogen (secondary N) is 1. The van der Waals surface area contributed by atoms with E-state index in [0.717, 1.165) is 54.1 Å². The van der Waals surface area contributed by atoms with E-state index in [1.54, 1.807) is 18.9 Å². The largest absolute Gasteiger partial charge is 0.495 e. The Morgan fingerprint density at radius 2 is 1.78 bits per heavy atom. The lowest BCUT2D eigenvalue weighted by atomic mass is 10.00. The molecule has 2 aromatic carbocycles. The number of benzene rings is 2. The highest BCUT2D eigenvalue weighted by atomic mass is 16.5. The highest BCUT2D eigenvalue weighted by Crippen LogP contribution is 2.32. The maximum atomic E-state index is 13.5. The summed E-state index contributed by atoms with van der Waals surface area (Å²) >= 11 is 0. The summed E-state index contributed by atoms with van der Waals surface area (Å²) in [5.74, 6) is 1.49. The summed E-state index contributed by atoms with van der Waals surface area (Å²) in [4.78, 5) is 21.2. The standard InChI is InChI=1S/C27H33N7O3/c1-18-15-20-17-21(27(35)28-22(20)16-19(18)2)25(26-29-30-31-34(26)13-14-36-3)33-11-9-32(10-12-33)23-7-5-6-8-24(23)37-4/h5-8,15-17,25H,9-14H2,1-4H3,(H,28,35)/t25-/m1/s1. The number of anilines is 1. The predicted molar refractivity (Wildman–Crippen MR) is 142 cm³/mol. The molecule has 0 radical (unpaired) electrons. The number of hydrogen-bond donors (Lipinski definition) is 1. The van der Waals surface area contributed by atoms with Crippen molar-refractivity contribution in [3.05, 3.63) is 75.3 Å². The van der Waals surface area contributed by atoms with E-state index in [1.807, 2.05) is 30.3 Å². The van der Waals surface area contributed by atoms with Crippen LogP contribution in [-0.2, 0) is 11.3 Å². The van der Waals surface area contributed by atoms with Gasteiger partial charge in [0.1, 0.15) is 11.8 Å². The molecule has 10 heteroatoms. The van der Waals surface area contributed by atoms with Gasteiger partial charge >= 0.3 is 0 Å². The van der Waals surface area contributed by atoms with Gasteiger partial charge in [-0.2, -0.15) is 0 Å². The summed E-state index contributed by atoms with van der Waals surface area (Å²) in [5, 5.41) is 13.6. The van der Waals surface area contributed by atoms with Gasteiger partial charge in [0.25, 0.3) is 5.56 Å². The van der Waals surface area contributed by atoms with Crippen LogP contribution in [-0.4, -0.2) is 77.1 Å². The van der Waals surface area contributed by atoms with Gasteiger partial charge in [-0.05, 0) is 71.1 Å². The summed E-state index contributed by atoms with van der Waals surface area (Å²) in [7, 11) is 3.34. The number of aromatic amines is 1. The third kappa shape index (κ3) is 4.94. The number of piperazine rings is 1. The number of ether oxygens (including phenoxy) is 2. The second-order valence-electron chi connectivity index (χ2n) is 9.43. The Bertz CT molecular complexity index is 1440. The van der Waals surface area contributed by atoms with E-state index in [0.29, 0.717) is 24.5 Å². The van der Waals surface area contributed by atoms with Gasteiger partial charge in [-0.1, -0.05) is 12.1 Å². The Balaban J connectivity index is 1.53. The van der Waals surface area contributed by atoms with Crippen molar-refractivity contribution < 1.29 is 9.47 Å². The van der Waals surface area contributed by atoms with E-state index in [4.69, 9.17) is 9.47 Å². The molecule has 37 heavy (non-hydrogen) atoms. The number of aryl methyl sites for hydroxylation is 2. The van der Waals surface area contributed by atoms with Crippen molar-refractivity contribution in [3.8, 4) is 5.75 Å². The maximum absolute atomic E-state index is 13.5. The third-order valence-electron chi connectivity index (χ3n) is 7.20. The Labute approximate surface area is 215 Å². The molecule has 5 rings (SSSR count). The van der Waals surface area contributed by atoms with Crippen LogP contribution in [0.1, 0.15) is 28.6 Å². The van der Waals surface area contributed by atoms with Gasteiger partial charge in [-0.3, -0.25) is 9.69 Å². The Morgan fingerprint density at radius 3 is 2.54 bits per heavy atom. The lowest BCUT2D eigenvalue weighted by molar-refractivity contribution is 0.171. The van der Waals surface area contributed by atoms with Gasteiger partial charge in [-0.15, -0.1) is 5.10 Å². The van der Waals surface area contributed by atoms with Crippen molar-refractivity contribution in [2.75, 3.05) is 51.9 Å². The van der Waals surface area contributed by atoms with Crippen molar-refractivity contribution in [1.29, 1.82) is 0 Å². The number of rotatable bonds is 8. The smallest absolute Gasteiger partial charge is 0.253 e. The van der Waals surface area contributed by atoms with Crippen LogP contribution in [0.4, 0.5) is 5.69 Å². The van der Waals surface area contributed by atoms with Crippen molar-refractivity contribution in [3.63, 3.8) is 0 Å². The number of tetrazole rings is 1. The highest BCUT2D eigenvalue weighted by Gasteiger charge is 2.33. The molecule has 1 aliphatic heterocycles. The molecule has 0 amide bonds. The molecule has 1 saturated heterocycles. The van der Waals surface area contributed by atoms with Crippen LogP contribution >= 0.6 is 0 Å². The topological polar surface area (TPSA) is 101 Å². The molecule has 1 aliphatic rings. The highest BCUT2D eigenvalue weighted by molar-refractivity contribution is 5.81. The molecule has 0 bridgehead atoms. The monoisotopic (exact) mass is 503 g/mol. The average molecular weight is 504 g/mol. The molecule has 1 N–H and O–H groups in total. The first-order valence-electron chi connectivity index (χ1n) is 12.5. The van der Waals surface area contributed by atoms with Crippen LogP contribution in [0, 0.1) is 13.8 Å². The van der Waals surface area contributed by atoms with Crippen molar-refractivity contribution >= 4 is 16.6 Å². The Morgan fingerprint density at radius 1 is 1.03 bits per heavy atom. The minimum absolute atomic E-state index is 0.130. The molecule has 1 atom stereocenters. The Kier molecular flexibility index (Phi) is 7.20. The number of pyridine rings is 1. The van der Waals surface area contributed by atoms with Gasteiger partial charge in [0.2, 0.25) is 0 Å². The molecular formula is C27H33N7O3. The molecule has 0 spiro atoms. The number of nitrogens with zero attached hydrogens (tertiary/aromatic N) is 6. The van der Waals surface area contributed by atoms with Gasteiger partial charge in [-0.25, -0.2) is 4.68 Å². The molecule has 0 saturated carbocycles. The van der Waals surface area contributed by atoms with Crippen LogP contribution in [0.3, 0.4) is 0 Å². The Hall–Kier alpha value is -3.76. The number of methoxy groups -OCH3 is 2. The van der Waals surface area contributed by atoms with Crippen LogP contribution in [0.2, 0.25) is 0 Å². The molecular weight excluding hydrogens is 470 g/mol. The first-order chi connectivity index (χ1) is 18.0. The summed E-state index contributed by atoms with van der Waals surface area (Å²) in [5.41, 5.74) is 4.72.